The van der Waals surface area contributed by atoms with Crippen LogP contribution in [0.4, 0.5) is 4.39 Å². The SMILES string of the molecule is CC(C)(C)c1ccc(C2/C(=C(/O)c3ccccc3)C(=O)C(=O)N2CCc2ccc(F)cc2)cc1. The molecule has 0 spiro atoms. The fraction of sp³-hybridized carbons (Fsp3) is 0.241. The van der Waals surface area contributed by atoms with Gasteiger partial charge in [0.05, 0.1) is 11.6 Å². The maximum atomic E-state index is 13.3. The Balaban J connectivity index is 1.77. The molecular formula is C29H28FNO3. The van der Waals surface area contributed by atoms with E-state index in [4.69, 9.17) is 0 Å². The Hall–Kier alpha value is -3.73. The fourth-order valence-corrected chi connectivity index (χ4v) is 4.27. The van der Waals surface area contributed by atoms with E-state index in [2.05, 4.69) is 20.8 Å². The van der Waals surface area contributed by atoms with Crippen molar-refractivity contribution in [3.8, 4) is 0 Å². The normalized spacial score (nSPS) is 17.9. The Morgan fingerprint density at radius 1 is 0.912 bits per heavy atom. The van der Waals surface area contributed by atoms with E-state index in [9.17, 15) is 19.1 Å². The highest BCUT2D eigenvalue weighted by Crippen LogP contribution is 2.40. The van der Waals surface area contributed by atoms with Crippen LogP contribution in [0.5, 0.6) is 0 Å². The summed E-state index contributed by atoms with van der Waals surface area (Å²) in [4.78, 5) is 27.8. The number of hydrogen-bond donors (Lipinski definition) is 1. The first kappa shape index (κ1) is 23.4. The van der Waals surface area contributed by atoms with Crippen LogP contribution < -0.4 is 0 Å². The Morgan fingerprint density at radius 3 is 2.12 bits per heavy atom. The standard InChI is InChI=1S/C29H28FNO3/c1-29(2,3)22-13-11-20(12-14-22)25-24(26(32)21-7-5-4-6-8-21)27(33)28(34)31(25)18-17-19-9-15-23(30)16-10-19/h4-16,25,32H,17-18H2,1-3H3/b26-24-. The summed E-state index contributed by atoms with van der Waals surface area (Å²) in [5.41, 5.74) is 3.25. The average Bonchev–Trinajstić information content (AvgIpc) is 3.08. The first-order chi connectivity index (χ1) is 16.2. The lowest BCUT2D eigenvalue weighted by Gasteiger charge is -2.26. The van der Waals surface area contributed by atoms with Gasteiger partial charge in [-0.1, -0.05) is 87.5 Å². The topological polar surface area (TPSA) is 57.6 Å². The van der Waals surface area contributed by atoms with Crippen molar-refractivity contribution in [2.45, 2.75) is 38.6 Å². The number of aliphatic hydroxyl groups excluding tert-OH is 1. The zero-order chi connectivity index (χ0) is 24.5. The van der Waals surface area contributed by atoms with Gasteiger partial charge in [0, 0.05) is 12.1 Å². The lowest BCUT2D eigenvalue weighted by molar-refractivity contribution is -0.139. The number of carbonyl (C=O) groups excluding carboxylic acids is 2. The molecule has 1 heterocycles. The van der Waals surface area contributed by atoms with Crippen LogP contribution in [-0.4, -0.2) is 28.2 Å². The molecule has 5 heteroatoms. The second-order valence-electron chi connectivity index (χ2n) is 9.61. The highest BCUT2D eigenvalue weighted by Gasteiger charge is 2.45. The molecule has 1 aliphatic rings. The Labute approximate surface area is 199 Å². The van der Waals surface area contributed by atoms with Crippen LogP contribution in [0.25, 0.3) is 5.76 Å². The van der Waals surface area contributed by atoms with E-state index >= 15 is 0 Å². The zero-order valence-electron chi connectivity index (χ0n) is 19.6. The van der Waals surface area contributed by atoms with Crippen molar-refractivity contribution in [3.05, 3.63) is 113 Å². The van der Waals surface area contributed by atoms with Gasteiger partial charge in [0.1, 0.15) is 11.6 Å². The fourth-order valence-electron chi connectivity index (χ4n) is 4.27. The first-order valence-corrected chi connectivity index (χ1v) is 11.4. The largest absolute Gasteiger partial charge is 0.507 e. The van der Waals surface area contributed by atoms with Crippen LogP contribution in [0.1, 0.15) is 49.1 Å². The number of amides is 1. The molecular weight excluding hydrogens is 429 g/mol. The van der Waals surface area contributed by atoms with Crippen LogP contribution in [0.15, 0.2) is 84.4 Å². The third kappa shape index (κ3) is 4.65. The molecule has 0 bridgehead atoms. The van der Waals surface area contributed by atoms with Crippen LogP contribution in [0, 0.1) is 5.82 Å². The van der Waals surface area contributed by atoms with E-state index < -0.39 is 17.7 Å². The number of aliphatic hydroxyl groups is 1. The van der Waals surface area contributed by atoms with Gasteiger partial charge in [0.15, 0.2) is 0 Å². The molecule has 1 atom stereocenters. The van der Waals surface area contributed by atoms with Crippen LogP contribution in [0.2, 0.25) is 0 Å². The predicted molar refractivity (Wildman–Crippen MR) is 131 cm³/mol. The third-order valence-corrected chi connectivity index (χ3v) is 6.23. The van der Waals surface area contributed by atoms with Crippen molar-refractivity contribution in [2.75, 3.05) is 6.54 Å². The molecule has 0 aliphatic carbocycles. The van der Waals surface area contributed by atoms with Crippen LogP contribution in [-0.2, 0) is 21.4 Å². The summed E-state index contributed by atoms with van der Waals surface area (Å²) in [6.45, 7) is 6.61. The molecule has 1 N–H and O–H groups in total. The van der Waals surface area contributed by atoms with Gasteiger partial charge in [0.2, 0.25) is 0 Å². The van der Waals surface area contributed by atoms with Gasteiger partial charge in [-0.15, -0.1) is 0 Å². The lowest BCUT2D eigenvalue weighted by atomic mass is 9.85. The zero-order valence-corrected chi connectivity index (χ0v) is 19.6. The highest BCUT2D eigenvalue weighted by molar-refractivity contribution is 6.46. The van der Waals surface area contributed by atoms with Gasteiger partial charge < -0.3 is 10.0 Å². The van der Waals surface area contributed by atoms with Gasteiger partial charge in [-0.2, -0.15) is 0 Å². The number of benzene rings is 3. The number of Topliss-reactive ketones (excluding diaryl/α,β-unsaturated/α-hetero) is 1. The Bertz CT molecular complexity index is 1220. The molecule has 1 unspecified atom stereocenters. The van der Waals surface area contributed by atoms with Crippen molar-refractivity contribution < 1.29 is 19.1 Å². The third-order valence-electron chi connectivity index (χ3n) is 6.23. The highest BCUT2D eigenvalue weighted by atomic mass is 19.1. The number of hydrogen-bond acceptors (Lipinski definition) is 3. The number of rotatable bonds is 5. The van der Waals surface area contributed by atoms with Gasteiger partial charge in [-0.3, -0.25) is 9.59 Å². The van der Waals surface area contributed by atoms with E-state index in [0.29, 0.717) is 12.0 Å². The molecule has 1 amide bonds. The molecule has 0 aromatic heterocycles. The van der Waals surface area contributed by atoms with Crippen molar-refractivity contribution in [3.63, 3.8) is 0 Å². The van der Waals surface area contributed by atoms with Crippen molar-refractivity contribution in [2.24, 2.45) is 0 Å². The summed E-state index contributed by atoms with van der Waals surface area (Å²) in [6, 6.07) is 22.0. The summed E-state index contributed by atoms with van der Waals surface area (Å²) in [5, 5.41) is 11.1. The van der Waals surface area contributed by atoms with Crippen molar-refractivity contribution in [1.29, 1.82) is 0 Å². The lowest BCUT2D eigenvalue weighted by Crippen LogP contribution is -2.31. The quantitative estimate of drug-likeness (QED) is 0.300. The summed E-state index contributed by atoms with van der Waals surface area (Å²) < 4.78 is 13.3. The summed E-state index contributed by atoms with van der Waals surface area (Å²) in [7, 11) is 0. The summed E-state index contributed by atoms with van der Waals surface area (Å²) in [6.07, 6.45) is 0.454. The minimum atomic E-state index is -0.713. The van der Waals surface area contributed by atoms with E-state index in [0.717, 1.165) is 16.7 Å². The van der Waals surface area contributed by atoms with E-state index in [1.165, 1.54) is 17.0 Å². The minimum absolute atomic E-state index is 0.0486. The average molecular weight is 458 g/mol. The van der Waals surface area contributed by atoms with E-state index in [-0.39, 0.29) is 29.1 Å². The van der Waals surface area contributed by atoms with Gasteiger partial charge >= 0.3 is 0 Å². The Kier molecular flexibility index (Phi) is 6.38. The molecule has 1 aliphatic heterocycles. The van der Waals surface area contributed by atoms with Crippen molar-refractivity contribution in [1.82, 2.24) is 4.90 Å². The molecule has 1 saturated heterocycles. The molecule has 34 heavy (non-hydrogen) atoms. The maximum absolute atomic E-state index is 13.3. The first-order valence-electron chi connectivity index (χ1n) is 11.4. The number of carbonyl (C=O) groups is 2. The second kappa shape index (κ2) is 9.26. The molecule has 174 valence electrons. The monoisotopic (exact) mass is 457 g/mol. The van der Waals surface area contributed by atoms with E-state index in [1.807, 2.05) is 30.3 Å². The molecule has 4 rings (SSSR count). The molecule has 3 aromatic carbocycles. The molecule has 4 nitrogen and oxygen atoms in total. The molecule has 0 saturated carbocycles. The van der Waals surface area contributed by atoms with Gasteiger partial charge in [0.25, 0.3) is 11.7 Å². The van der Waals surface area contributed by atoms with Gasteiger partial charge in [-0.05, 0) is 40.7 Å². The summed E-state index contributed by atoms with van der Waals surface area (Å²) in [5.74, 6) is -1.87. The minimum Gasteiger partial charge on any atom is -0.507 e. The van der Waals surface area contributed by atoms with Gasteiger partial charge in [-0.25, -0.2) is 4.39 Å². The van der Waals surface area contributed by atoms with E-state index in [1.54, 1.807) is 36.4 Å². The number of nitrogens with zero attached hydrogens (tertiary/aromatic N) is 1. The second-order valence-corrected chi connectivity index (χ2v) is 9.61. The number of halogens is 1. The smallest absolute Gasteiger partial charge is 0.295 e. The predicted octanol–water partition coefficient (Wildman–Crippen LogP) is 5.79. The van der Waals surface area contributed by atoms with Crippen LogP contribution >= 0.6 is 0 Å². The molecule has 3 aromatic rings. The van der Waals surface area contributed by atoms with Crippen molar-refractivity contribution >= 4 is 17.4 Å². The molecule has 1 fully saturated rings. The summed E-state index contributed by atoms with van der Waals surface area (Å²) >= 11 is 0. The number of likely N-dealkylation sites (tertiary alicyclic amines) is 1. The number of ketones is 1. The van der Waals surface area contributed by atoms with Crippen LogP contribution in [0.3, 0.4) is 0 Å². The molecule has 0 radical (unpaired) electrons. The maximum Gasteiger partial charge on any atom is 0.295 e. The Morgan fingerprint density at radius 2 is 1.53 bits per heavy atom.